The van der Waals surface area contributed by atoms with E-state index < -0.39 is 22.0 Å². The molecular formula is C16H25NO5S. The van der Waals surface area contributed by atoms with E-state index in [0.717, 1.165) is 11.3 Å². The van der Waals surface area contributed by atoms with Gasteiger partial charge in [-0.3, -0.25) is 4.79 Å². The summed E-state index contributed by atoms with van der Waals surface area (Å²) >= 11 is 0. The first-order valence-electron chi connectivity index (χ1n) is 7.52. The fourth-order valence-corrected chi connectivity index (χ4v) is 3.04. The van der Waals surface area contributed by atoms with Crippen LogP contribution >= 0.6 is 0 Å². The van der Waals surface area contributed by atoms with Crippen LogP contribution in [0.5, 0.6) is 5.75 Å². The van der Waals surface area contributed by atoms with Crippen molar-refractivity contribution in [1.82, 2.24) is 5.32 Å². The highest BCUT2D eigenvalue weighted by Gasteiger charge is 2.19. The standard InChI is InChI=1S/C16H25NO5S/c1-5-23(19,20)11-12(2)17-16(18)13(3)22-10-14-7-6-8-15(9-14)21-4/h6-9,12-13H,5,10-11H2,1-4H3,(H,17,18)/t12-,13-/m1/s1. The number of hydrogen-bond donors (Lipinski definition) is 1. The number of carbonyl (C=O) groups is 1. The molecule has 1 rings (SSSR count). The molecule has 0 unspecified atom stereocenters. The molecule has 23 heavy (non-hydrogen) atoms. The lowest BCUT2D eigenvalue weighted by Crippen LogP contribution is -2.43. The number of amides is 1. The molecule has 0 spiro atoms. The summed E-state index contributed by atoms with van der Waals surface area (Å²) in [5.74, 6) is 0.390. The van der Waals surface area contributed by atoms with E-state index in [2.05, 4.69) is 5.32 Å². The Morgan fingerprint density at radius 2 is 2.00 bits per heavy atom. The molecule has 0 aliphatic rings. The van der Waals surface area contributed by atoms with Gasteiger partial charge in [0.1, 0.15) is 11.9 Å². The third-order valence-electron chi connectivity index (χ3n) is 3.34. The minimum Gasteiger partial charge on any atom is -0.497 e. The molecule has 1 aromatic rings. The van der Waals surface area contributed by atoms with Crippen LogP contribution in [0, 0.1) is 0 Å². The maximum atomic E-state index is 12.0. The van der Waals surface area contributed by atoms with Gasteiger partial charge in [-0.2, -0.15) is 0 Å². The van der Waals surface area contributed by atoms with Crippen LogP contribution < -0.4 is 10.1 Å². The van der Waals surface area contributed by atoms with Gasteiger partial charge in [0.05, 0.1) is 19.5 Å². The van der Waals surface area contributed by atoms with E-state index in [4.69, 9.17) is 9.47 Å². The number of rotatable bonds is 9. The molecule has 0 aliphatic carbocycles. The average Bonchev–Trinajstić information content (AvgIpc) is 2.52. The Balaban J connectivity index is 2.47. The lowest BCUT2D eigenvalue weighted by molar-refractivity contribution is -0.132. The van der Waals surface area contributed by atoms with Crippen molar-refractivity contribution in [2.45, 2.75) is 39.5 Å². The number of ether oxygens (including phenoxy) is 2. The third kappa shape index (κ3) is 7.00. The van der Waals surface area contributed by atoms with Crippen molar-refractivity contribution in [1.29, 1.82) is 0 Å². The summed E-state index contributed by atoms with van der Waals surface area (Å²) in [7, 11) is -1.54. The molecule has 0 saturated heterocycles. The van der Waals surface area contributed by atoms with Crippen molar-refractivity contribution >= 4 is 15.7 Å². The summed E-state index contributed by atoms with van der Waals surface area (Å²) in [6.07, 6.45) is -0.673. The predicted octanol–water partition coefficient (Wildman–Crippen LogP) is 1.54. The van der Waals surface area contributed by atoms with E-state index >= 15 is 0 Å². The Bertz CT molecular complexity index is 615. The van der Waals surface area contributed by atoms with Crippen LogP contribution in [-0.4, -0.2) is 45.1 Å². The van der Waals surface area contributed by atoms with Crippen molar-refractivity contribution in [3.63, 3.8) is 0 Å². The summed E-state index contributed by atoms with van der Waals surface area (Å²) in [5.41, 5.74) is 0.894. The van der Waals surface area contributed by atoms with Crippen molar-refractivity contribution in [2.24, 2.45) is 0 Å². The lowest BCUT2D eigenvalue weighted by atomic mass is 10.2. The van der Waals surface area contributed by atoms with Gasteiger partial charge in [-0.25, -0.2) is 8.42 Å². The Morgan fingerprint density at radius 1 is 1.30 bits per heavy atom. The first kappa shape index (κ1) is 19.4. The topological polar surface area (TPSA) is 81.7 Å². The second kappa shape index (κ2) is 8.88. The number of nitrogens with one attached hydrogen (secondary N) is 1. The third-order valence-corrected chi connectivity index (χ3v) is 5.22. The summed E-state index contributed by atoms with van der Waals surface area (Å²) in [6.45, 7) is 5.16. The van der Waals surface area contributed by atoms with E-state index in [1.807, 2.05) is 24.3 Å². The lowest BCUT2D eigenvalue weighted by Gasteiger charge is -2.18. The molecule has 0 saturated carbocycles. The van der Waals surface area contributed by atoms with Gasteiger partial charge < -0.3 is 14.8 Å². The van der Waals surface area contributed by atoms with Gasteiger partial charge in [-0.05, 0) is 31.5 Å². The number of methoxy groups -OCH3 is 1. The van der Waals surface area contributed by atoms with Gasteiger partial charge >= 0.3 is 0 Å². The van der Waals surface area contributed by atoms with Crippen molar-refractivity contribution in [3.05, 3.63) is 29.8 Å². The monoisotopic (exact) mass is 343 g/mol. The van der Waals surface area contributed by atoms with Crippen LogP contribution in [-0.2, 0) is 26.0 Å². The molecule has 2 atom stereocenters. The second-order valence-corrected chi connectivity index (χ2v) is 7.81. The smallest absolute Gasteiger partial charge is 0.249 e. The predicted molar refractivity (Wildman–Crippen MR) is 89.2 cm³/mol. The Hall–Kier alpha value is -1.60. The highest BCUT2D eigenvalue weighted by molar-refractivity contribution is 7.91. The van der Waals surface area contributed by atoms with Gasteiger partial charge in [0.25, 0.3) is 0 Å². The minimum atomic E-state index is -3.12. The fraction of sp³-hybridized carbons (Fsp3) is 0.562. The van der Waals surface area contributed by atoms with Crippen LogP contribution in [0.4, 0.5) is 0 Å². The molecule has 0 bridgehead atoms. The zero-order chi connectivity index (χ0) is 17.5. The summed E-state index contributed by atoms with van der Waals surface area (Å²) in [6, 6.07) is 6.94. The van der Waals surface area contributed by atoms with E-state index in [1.54, 1.807) is 27.9 Å². The van der Waals surface area contributed by atoms with Crippen molar-refractivity contribution in [3.8, 4) is 5.75 Å². The molecule has 1 amide bonds. The normalized spacial score (nSPS) is 14.1. The zero-order valence-corrected chi connectivity index (χ0v) is 14.9. The molecule has 7 heteroatoms. The first-order valence-corrected chi connectivity index (χ1v) is 9.35. The molecule has 0 aromatic heterocycles. The van der Waals surface area contributed by atoms with E-state index in [1.165, 1.54) is 0 Å². The SMILES string of the molecule is CCS(=O)(=O)C[C@@H](C)NC(=O)[C@@H](C)OCc1cccc(OC)c1. The molecule has 0 aliphatic heterocycles. The maximum Gasteiger partial charge on any atom is 0.249 e. The van der Waals surface area contributed by atoms with Crippen LogP contribution in [0.3, 0.4) is 0 Å². The minimum absolute atomic E-state index is 0.0646. The summed E-state index contributed by atoms with van der Waals surface area (Å²) in [4.78, 5) is 12.0. The number of benzene rings is 1. The van der Waals surface area contributed by atoms with Crippen LogP contribution in [0.1, 0.15) is 26.3 Å². The zero-order valence-electron chi connectivity index (χ0n) is 14.0. The van der Waals surface area contributed by atoms with Crippen molar-refractivity contribution in [2.75, 3.05) is 18.6 Å². The summed E-state index contributed by atoms with van der Waals surface area (Å²) in [5, 5.41) is 2.66. The number of hydrogen-bond acceptors (Lipinski definition) is 5. The molecule has 0 fully saturated rings. The first-order chi connectivity index (χ1) is 10.8. The molecule has 6 nitrogen and oxygen atoms in total. The van der Waals surface area contributed by atoms with Crippen LogP contribution in [0.2, 0.25) is 0 Å². The number of sulfone groups is 1. The van der Waals surface area contributed by atoms with Gasteiger partial charge in [-0.15, -0.1) is 0 Å². The molecule has 0 radical (unpaired) electrons. The fourth-order valence-electron chi connectivity index (χ4n) is 1.96. The largest absolute Gasteiger partial charge is 0.497 e. The summed E-state index contributed by atoms with van der Waals surface area (Å²) < 4.78 is 33.7. The van der Waals surface area contributed by atoms with Gasteiger partial charge in [0.15, 0.2) is 9.84 Å². The highest BCUT2D eigenvalue weighted by atomic mass is 32.2. The molecule has 1 aromatic carbocycles. The van der Waals surface area contributed by atoms with Gasteiger partial charge in [0, 0.05) is 11.8 Å². The van der Waals surface area contributed by atoms with E-state index in [9.17, 15) is 13.2 Å². The molecule has 130 valence electrons. The van der Waals surface area contributed by atoms with Gasteiger partial charge in [-0.1, -0.05) is 19.1 Å². The second-order valence-electron chi connectivity index (χ2n) is 5.41. The van der Waals surface area contributed by atoms with Crippen molar-refractivity contribution < 1.29 is 22.7 Å². The quantitative estimate of drug-likeness (QED) is 0.735. The highest BCUT2D eigenvalue weighted by Crippen LogP contribution is 2.13. The van der Waals surface area contributed by atoms with E-state index in [-0.39, 0.29) is 24.0 Å². The maximum absolute atomic E-state index is 12.0. The van der Waals surface area contributed by atoms with Gasteiger partial charge in [0.2, 0.25) is 5.91 Å². The van der Waals surface area contributed by atoms with Crippen LogP contribution in [0.25, 0.3) is 0 Å². The number of carbonyl (C=O) groups excluding carboxylic acids is 1. The Kier molecular flexibility index (Phi) is 7.51. The molecule has 1 N–H and O–H groups in total. The Morgan fingerprint density at radius 3 is 2.61 bits per heavy atom. The Labute approximate surface area is 138 Å². The average molecular weight is 343 g/mol. The molecular weight excluding hydrogens is 318 g/mol. The van der Waals surface area contributed by atoms with E-state index in [0.29, 0.717) is 0 Å². The molecule has 0 heterocycles. The van der Waals surface area contributed by atoms with Crippen LogP contribution in [0.15, 0.2) is 24.3 Å².